The first-order valence-corrected chi connectivity index (χ1v) is 9.10. The molecule has 142 valence electrons. The van der Waals surface area contributed by atoms with Crippen LogP contribution >= 0.6 is 0 Å². The van der Waals surface area contributed by atoms with Gasteiger partial charge >= 0.3 is 6.09 Å². The molecule has 1 aliphatic heterocycles. The normalized spacial score (nSPS) is 13.6. The van der Waals surface area contributed by atoms with Gasteiger partial charge in [0.1, 0.15) is 12.4 Å². The standard InChI is InChI=1S/C21H24N2O4/c1-2-26-19-10-8-16(9-11-19)12-20(24)23-13-18(14-23)22-21(25)27-15-17-6-4-3-5-7-17/h3-11,18H,2,12-15H2,1H3,(H,22,25). The van der Waals surface area contributed by atoms with Crippen LogP contribution in [0.4, 0.5) is 4.79 Å². The van der Waals surface area contributed by atoms with E-state index in [-0.39, 0.29) is 18.6 Å². The Kier molecular flexibility index (Phi) is 6.30. The molecule has 0 bridgehead atoms. The predicted octanol–water partition coefficient (Wildman–Crippen LogP) is 2.77. The van der Waals surface area contributed by atoms with Gasteiger partial charge in [-0.2, -0.15) is 0 Å². The number of benzene rings is 2. The Morgan fingerprint density at radius 2 is 1.74 bits per heavy atom. The summed E-state index contributed by atoms with van der Waals surface area (Å²) < 4.78 is 10.6. The third-order valence-electron chi connectivity index (χ3n) is 4.36. The lowest BCUT2D eigenvalue weighted by Crippen LogP contribution is -2.61. The third-order valence-corrected chi connectivity index (χ3v) is 4.36. The number of hydrogen-bond acceptors (Lipinski definition) is 4. The number of carbonyl (C=O) groups excluding carboxylic acids is 2. The van der Waals surface area contributed by atoms with Crippen molar-refractivity contribution in [2.75, 3.05) is 19.7 Å². The third kappa shape index (κ3) is 5.48. The topological polar surface area (TPSA) is 67.9 Å². The first kappa shape index (κ1) is 18.8. The van der Waals surface area contributed by atoms with E-state index in [1.165, 1.54) is 0 Å². The van der Waals surface area contributed by atoms with Crippen molar-refractivity contribution < 1.29 is 19.1 Å². The Morgan fingerprint density at radius 3 is 2.41 bits per heavy atom. The second-order valence-corrected chi connectivity index (χ2v) is 6.46. The van der Waals surface area contributed by atoms with Crippen LogP contribution in [0, 0.1) is 0 Å². The fourth-order valence-electron chi connectivity index (χ4n) is 2.86. The summed E-state index contributed by atoms with van der Waals surface area (Å²) in [4.78, 5) is 25.9. The van der Waals surface area contributed by atoms with Gasteiger partial charge in [-0.3, -0.25) is 4.79 Å². The number of alkyl carbamates (subject to hydrolysis) is 1. The van der Waals surface area contributed by atoms with Crippen LogP contribution in [0.5, 0.6) is 5.75 Å². The smallest absolute Gasteiger partial charge is 0.407 e. The highest BCUT2D eigenvalue weighted by Crippen LogP contribution is 2.15. The van der Waals surface area contributed by atoms with Gasteiger partial charge < -0.3 is 19.7 Å². The van der Waals surface area contributed by atoms with Crippen LogP contribution in [0.15, 0.2) is 54.6 Å². The number of nitrogens with one attached hydrogen (secondary N) is 1. The highest BCUT2D eigenvalue weighted by molar-refractivity contribution is 5.80. The maximum atomic E-state index is 12.3. The summed E-state index contributed by atoms with van der Waals surface area (Å²) in [7, 11) is 0. The van der Waals surface area contributed by atoms with Crippen molar-refractivity contribution in [2.45, 2.75) is 26.0 Å². The van der Waals surface area contributed by atoms with Gasteiger partial charge in [0.05, 0.1) is 19.1 Å². The van der Waals surface area contributed by atoms with Gasteiger partial charge in [-0.1, -0.05) is 42.5 Å². The largest absolute Gasteiger partial charge is 0.494 e. The number of ether oxygens (including phenoxy) is 2. The van der Waals surface area contributed by atoms with Gasteiger partial charge in [0, 0.05) is 13.1 Å². The van der Waals surface area contributed by atoms with Crippen LogP contribution in [-0.4, -0.2) is 42.6 Å². The molecule has 1 aliphatic rings. The van der Waals surface area contributed by atoms with Gasteiger partial charge in [-0.05, 0) is 30.2 Å². The zero-order chi connectivity index (χ0) is 19.1. The van der Waals surface area contributed by atoms with Gasteiger partial charge in [0.15, 0.2) is 0 Å². The SMILES string of the molecule is CCOc1ccc(CC(=O)N2CC(NC(=O)OCc3ccccc3)C2)cc1. The Bertz CT molecular complexity index is 756. The molecule has 0 saturated carbocycles. The molecule has 1 saturated heterocycles. The molecule has 3 rings (SSSR count). The lowest BCUT2D eigenvalue weighted by Gasteiger charge is -2.39. The minimum Gasteiger partial charge on any atom is -0.494 e. The average Bonchev–Trinajstić information content (AvgIpc) is 2.65. The summed E-state index contributed by atoms with van der Waals surface area (Å²) >= 11 is 0. The maximum Gasteiger partial charge on any atom is 0.407 e. The second-order valence-electron chi connectivity index (χ2n) is 6.46. The van der Waals surface area contributed by atoms with E-state index < -0.39 is 6.09 Å². The van der Waals surface area contributed by atoms with E-state index in [2.05, 4.69) is 5.32 Å². The summed E-state index contributed by atoms with van der Waals surface area (Å²) in [6, 6.07) is 17.0. The van der Waals surface area contributed by atoms with Crippen LogP contribution in [0.1, 0.15) is 18.1 Å². The summed E-state index contributed by atoms with van der Waals surface area (Å²) in [5.41, 5.74) is 1.88. The van der Waals surface area contributed by atoms with Gasteiger partial charge in [-0.25, -0.2) is 4.79 Å². The van der Waals surface area contributed by atoms with Crippen molar-refractivity contribution in [3.05, 3.63) is 65.7 Å². The van der Waals surface area contributed by atoms with Gasteiger partial charge in [-0.15, -0.1) is 0 Å². The van der Waals surface area contributed by atoms with Crippen LogP contribution in [0.3, 0.4) is 0 Å². The zero-order valence-electron chi connectivity index (χ0n) is 15.4. The fraction of sp³-hybridized carbons (Fsp3) is 0.333. The molecule has 2 aromatic rings. The van der Waals surface area contributed by atoms with Crippen molar-refractivity contribution >= 4 is 12.0 Å². The molecular weight excluding hydrogens is 344 g/mol. The molecule has 6 nitrogen and oxygen atoms in total. The van der Waals surface area contributed by atoms with Gasteiger partial charge in [0.2, 0.25) is 5.91 Å². The fourth-order valence-corrected chi connectivity index (χ4v) is 2.86. The number of likely N-dealkylation sites (tertiary alicyclic amines) is 1. The monoisotopic (exact) mass is 368 g/mol. The van der Waals surface area contributed by atoms with Crippen molar-refractivity contribution in [3.8, 4) is 5.75 Å². The minimum atomic E-state index is -0.456. The van der Waals surface area contributed by atoms with E-state index in [1.54, 1.807) is 4.90 Å². The van der Waals surface area contributed by atoms with Crippen molar-refractivity contribution in [1.82, 2.24) is 10.2 Å². The number of nitrogens with zero attached hydrogens (tertiary/aromatic N) is 1. The van der Waals surface area contributed by atoms with E-state index in [0.717, 1.165) is 16.9 Å². The highest BCUT2D eigenvalue weighted by atomic mass is 16.5. The Labute approximate surface area is 159 Å². The van der Waals surface area contributed by atoms with Crippen molar-refractivity contribution in [2.24, 2.45) is 0 Å². The Morgan fingerprint density at radius 1 is 1.04 bits per heavy atom. The molecule has 0 aliphatic carbocycles. The van der Waals surface area contributed by atoms with Crippen LogP contribution in [0.2, 0.25) is 0 Å². The van der Waals surface area contributed by atoms with Gasteiger partial charge in [0.25, 0.3) is 0 Å². The summed E-state index contributed by atoms with van der Waals surface area (Å²) in [6.07, 6.45) is -0.111. The van der Waals surface area contributed by atoms with E-state index in [4.69, 9.17) is 9.47 Å². The minimum absolute atomic E-state index is 0.0508. The van der Waals surface area contributed by atoms with E-state index >= 15 is 0 Å². The summed E-state index contributed by atoms with van der Waals surface area (Å²) in [5, 5.41) is 2.79. The summed E-state index contributed by atoms with van der Waals surface area (Å²) in [6.45, 7) is 3.81. The molecule has 0 unspecified atom stereocenters. The molecule has 27 heavy (non-hydrogen) atoms. The van der Waals surface area contributed by atoms with E-state index in [1.807, 2.05) is 61.5 Å². The van der Waals surface area contributed by atoms with E-state index in [0.29, 0.717) is 26.1 Å². The lowest BCUT2D eigenvalue weighted by molar-refractivity contribution is -0.135. The Hall–Kier alpha value is -3.02. The average molecular weight is 368 g/mol. The lowest BCUT2D eigenvalue weighted by atomic mass is 10.1. The van der Waals surface area contributed by atoms with Crippen LogP contribution < -0.4 is 10.1 Å². The molecule has 2 aromatic carbocycles. The van der Waals surface area contributed by atoms with Crippen LogP contribution in [-0.2, 0) is 22.6 Å². The maximum absolute atomic E-state index is 12.3. The quantitative estimate of drug-likeness (QED) is 0.816. The first-order chi connectivity index (χ1) is 13.1. The molecule has 2 amide bonds. The molecule has 1 heterocycles. The molecule has 0 radical (unpaired) electrons. The van der Waals surface area contributed by atoms with Crippen molar-refractivity contribution in [1.29, 1.82) is 0 Å². The molecule has 0 aromatic heterocycles. The van der Waals surface area contributed by atoms with Crippen molar-refractivity contribution in [3.63, 3.8) is 0 Å². The molecule has 1 fully saturated rings. The second kappa shape index (κ2) is 9.07. The Balaban J connectivity index is 1.36. The zero-order valence-corrected chi connectivity index (χ0v) is 15.4. The highest BCUT2D eigenvalue weighted by Gasteiger charge is 2.31. The number of amides is 2. The van der Waals surface area contributed by atoms with E-state index in [9.17, 15) is 9.59 Å². The molecule has 1 N–H and O–H groups in total. The first-order valence-electron chi connectivity index (χ1n) is 9.10. The van der Waals surface area contributed by atoms with Crippen LogP contribution in [0.25, 0.3) is 0 Å². The number of carbonyl (C=O) groups is 2. The molecule has 0 spiro atoms. The molecule has 6 heteroatoms. The molecule has 0 atom stereocenters. The summed E-state index contributed by atoms with van der Waals surface area (Å²) in [5.74, 6) is 0.853. The molecular formula is C21H24N2O4. The predicted molar refractivity (Wildman–Crippen MR) is 101 cm³/mol. The number of rotatable bonds is 7. The number of hydrogen-bond donors (Lipinski definition) is 1.